The van der Waals surface area contributed by atoms with Crippen LogP contribution in [0.5, 0.6) is 5.75 Å². The summed E-state index contributed by atoms with van der Waals surface area (Å²) >= 11 is 0. The smallest absolute Gasteiger partial charge is 0.224 e. The van der Waals surface area contributed by atoms with Gasteiger partial charge < -0.3 is 39.1 Å². The highest BCUT2D eigenvalue weighted by Gasteiger charge is 2.31. The second kappa shape index (κ2) is 19.3. The quantitative estimate of drug-likeness (QED) is 0.0585. The van der Waals surface area contributed by atoms with Gasteiger partial charge >= 0.3 is 0 Å². The van der Waals surface area contributed by atoms with Crippen molar-refractivity contribution >= 4 is 29.3 Å². The fraction of sp³-hybridized carbons (Fsp3) is 0.500. The summed E-state index contributed by atoms with van der Waals surface area (Å²) in [4.78, 5) is 59.0. The molecule has 4 atom stereocenters. The van der Waals surface area contributed by atoms with Crippen LogP contribution in [0.15, 0.2) is 47.3 Å². The average molecular weight is 653 g/mol. The highest BCUT2D eigenvalue weighted by atomic mass is 16.3. The number of rotatable bonds is 21. The number of amides is 2. The zero-order chi connectivity index (χ0) is 47.5. The van der Waals surface area contributed by atoms with E-state index in [-0.39, 0.29) is 37.5 Å². The van der Waals surface area contributed by atoms with Crippen LogP contribution in [-0.2, 0) is 32.0 Å². The molecule has 46 heavy (non-hydrogen) atoms. The van der Waals surface area contributed by atoms with Crippen LogP contribution >= 0.6 is 0 Å². The molecule has 2 aromatic carbocycles. The maximum absolute atomic E-state index is 14.4. The van der Waals surface area contributed by atoms with Gasteiger partial charge in [-0.25, -0.2) is 0 Å². The Kier molecular flexibility index (Phi) is 8.70. The number of guanidine groups is 1. The van der Waals surface area contributed by atoms with Gasteiger partial charge in [0.05, 0.1) is 18.9 Å². The van der Waals surface area contributed by atoms with Crippen molar-refractivity contribution in [3.05, 3.63) is 64.6 Å². The van der Waals surface area contributed by atoms with E-state index in [2.05, 4.69) is 4.99 Å². The van der Waals surface area contributed by atoms with Gasteiger partial charge in [-0.15, -0.1) is 0 Å². The number of phenolic OH excluding ortho intramolecular Hbond substituents is 1. The largest absolute Gasteiger partial charge is 0.508 e. The third kappa shape index (κ3) is 13.0. The van der Waals surface area contributed by atoms with Gasteiger partial charge in [-0.2, -0.15) is 0 Å². The summed E-state index contributed by atoms with van der Waals surface area (Å²) in [6.45, 7) is -0.446. The normalized spacial score (nSPS) is 20.0. The zero-order valence-electron chi connectivity index (χ0n) is 40.6. The van der Waals surface area contributed by atoms with Crippen LogP contribution in [-0.4, -0.2) is 59.6 Å². The third-order valence-electron chi connectivity index (χ3n) is 6.86. The van der Waals surface area contributed by atoms with Gasteiger partial charge in [0.25, 0.3) is 0 Å². The molecule has 0 aliphatic rings. The molecule has 12 nitrogen and oxygen atoms in total. The number of nitrogens with two attached hydrogens (primary N) is 5. The summed E-state index contributed by atoms with van der Waals surface area (Å²) in [7, 11) is 0. The molecule has 0 heterocycles. The number of carbonyl (C=O) groups is 4. The minimum absolute atomic E-state index is 0.0196. The summed E-state index contributed by atoms with van der Waals surface area (Å²) in [6.07, 6.45) is -18.0. The second-order valence-electron chi connectivity index (χ2n) is 10.4. The zero-order valence-corrected chi connectivity index (χ0v) is 25.6. The van der Waals surface area contributed by atoms with Crippen molar-refractivity contribution in [2.75, 3.05) is 13.0 Å². The minimum Gasteiger partial charge on any atom is -0.508 e. The molecule has 0 saturated heterocycles. The molecule has 0 aliphatic heterocycles. The molecule has 12 N–H and O–H groups in total. The Morgan fingerprint density at radius 3 is 2.20 bits per heavy atom. The number of hydrogen-bond donors (Lipinski definition) is 7. The first-order chi connectivity index (χ1) is 27.6. The summed E-state index contributed by atoms with van der Waals surface area (Å²) in [6, 6.07) is -6.77. The maximum atomic E-state index is 14.4. The molecule has 252 valence electrons. The number of aliphatic imine (C=N–C) groups is 1. The van der Waals surface area contributed by atoms with Crippen LogP contribution < -0.4 is 34.0 Å². The first-order valence-corrected chi connectivity index (χ1v) is 14.2. The number of nitrogens with zero attached hydrogens (tertiary/aromatic N) is 1. The number of aromatic hydroxyl groups is 1. The molecule has 2 aromatic rings. The molecule has 0 aliphatic carbocycles. The van der Waals surface area contributed by atoms with Gasteiger partial charge in [-0.3, -0.25) is 24.2 Å². The lowest BCUT2D eigenvalue weighted by Crippen LogP contribution is -2.46. The predicted molar refractivity (Wildman–Crippen MR) is 180 cm³/mol. The maximum Gasteiger partial charge on any atom is 0.224 e. The van der Waals surface area contributed by atoms with Gasteiger partial charge in [0.1, 0.15) is 11.5 Å². The van der Waals surface area contributed by atoms with E-state index in [0.717, 1.165) is 0 Å². The fourth-order valence-electron chi connectivity index (χ4n) is 4.51. The van der Waals surface area contributed by atoms with E-state index in [9.17, 15) is 24.3 Å². The van der Waals surface area contributed by atoms with E-state index < -0.39 is 128 Å². The Bertz CT molecular complexity index is 1990. The summed E-state index contributed by atoms with van der Waals surface area (Å²) < 4.78 is 125. The van der Waals surface area contributed by atoms with Crippen molar-refractivity contribution in [3.8, 4) is 5.75 Å². The molecular weight excluding hydrogens is 586 g/mol. The molecule has 0 radical (unpaired) electrons. The molecule has 2 rings (SSSR count). The van der Waals surface area contributed by atoms with Crippen molar-refractivity contribution in [1.29, 1.82) is 0 Å². The lowest BCUT2D eigenvalue weighted by atomic mass is 9.86. The molecule has 0 saturated carbocycles. The van der Waals surface area contributed by atoms with Crippen LogP contribution in [0.3, 0.4) is 0 Å². The Morgan fingerprint density at radius 1 is 0.978 bits per heavy atom. The van der Waals surface area contributed by atoms with Crippen molar-refractivity contribution in [2.45, 2.75) is 83.5 Å². The van der Waals surface area contributed by atoms with Gasteiger partial charge in [0.15, 0.2) is 11.7 Å². The Balaban J connectivity index is 2.85. The predicted octanol–water partition coefficient (Wildman–Crippen LogP) is 1.43. The van der Waals surface area contributed by atoms with E-state index in [1.54, 1.807) is 13.8 Å². The van der Waals surface area contributed by atoms with Crippen LogP contribution in [0, 0.1) is 25.7 Å². The number of Topliss-reactive ketones (excluding diaryl/α,β-unsaturated/α-hetero) is 2. The fourth-order valence-corrected chi connectivity index (χ4v) is 4.51. The summed E-state index contributed by atoms with van der Waals surface area (Å²) in [5.41, 5.74) is 27.7. The lowest BCUT2D eigenvalue weighted by molar-refractivity contribution is -0.133. The summed E-state index contributed by atoms with van der Waals surface area (Å²) in [5, 5.41) is 12.1. The van der Waals surface area contributed by atoms with Crippen molar-refractivity contribution < 1.29 is 44.8 Å². The topological polar surface area (TPSA) is 243 Å². The number of benzene rings is 2. The highest BCUT2D eigenvalue weighted by Crippen LogP contribution is 2.26. The molecule has 0 fully saturated rings. The average Bonchev–Trinajstić information content (AvgIpc) is 3.12. The Hall–Kier alpha value is -4.29. The number of carbonyl (C=O) groups excluding carboxylic acids is 4. The van der Waals surface area contributed by atoms with Crippen molar-refractivity contribution in [3.63, 3.8) is 0 Å². The number of aryl methyl sites for hydroxylation is 2. The second-order valence-corrected chi connectivity index (χ2v) is 10.4. The third-order valence-corrected chi connectivity index (χ3v) is 6.86. The van der Waals surface area contributed by atoms with E-state index in [4.69, 9.17) is 49.2 Å². The van der Waals surface area contributed by atoms with Gasteiger partial charge in [0, 0.05) is 44.9 Å². The van der Waals surface area contributed by atoms with E-state index in [0.29, 0.717) is 16.7 Å². The van der Waals surface area contributed by atoms with Crippen LogP contribution in [0.2, 0.25) is 0 Å². The molecule has 0 aromatic heterocycles. The molecular formula is C34H51N7O5. The number of ketones is 2. The SMILES string of the molecule is [2H]c1c([2H])c([2H])c(C([2H])([2H])[C@H](CC(=O)[C@@H](NC(=O)[C@@H](CC(=O)[C@H](N)CCCN=C(N)N)Cc2c(C)cc(O)cc2C)C([2H])([2H])C([2H])([2H])C([2H])([2H])C([2H])([2H])N)C(N)=O)c([2H])c1[2H]. The van der Waals surface area contributed by atoms with Gasteiger partial charge in [0.2, 0.25) is 11.8 Å². The number of primary amides is 1. The number of hydrogen-bond acceptors (Lipinski definition) is 8. The number of phenols is 1. The lowest BCUT2D eigenvalue weighted by Gasteiger charge is -2.25. The first kappa shape index (κ1) is 20.8. The monoisotopic (exact) mass is 652 g/mol. The molecule has 2 amide bonds. The van der Waals surface area contributed by atoms with E-state index >= 15 is 0 Å². The minimum atomic E-state index is -4.16. The molecule has 12 heteroatoms. The Labute approximate surface area is 292 Å². The number of nitrogens with one attached hydrogen (secondary N) is 1. The van der Waals surface area contributed by atoms with E-state index in [1.807, 2.05) is 5.32 Å². The highest BCUT2D eigenvalue weighted by molar-refractivity contribution is 5.94. The standard InChI is InChI=1S/C34H51N7O5/c1-21-15-26(42)16-22(2)27(21)18-25(20-30(43)28(36)11-8-14-40-34(38)39)33(46)41-29(12-6-7-13-35)31(44)19-24(32(37)45)17-23-9-4-3-5-10-23/h3-5,9-10,15-16,24-25,28-29,42H,6-8,11-14,17-20,35-36H2,1-2H3,(H2,37,45)(H,41,46)(H4,38,39,40)/t24-,25-,28-,29+/m1/s1/i3D,4D,5D,6D2,7D2,9D,10D,12D2,13D2,17D2. The van der Waals surface area contributed by atoms with Crippen molar-refractivity contribution in [1.82, 2.24) is 5.32 Å². The molecule has 0 spiro atoms. The molecule has 0 bridgehead atoms. The van der Waals surface area contributed by atoms with Gasteiger partial charge in [-0.1, -0.05) is 30.2 Å². The van der Waals surface area contributed by atoms with Gasteiger partial charge in [-0.05, 0) is 99.5 Å². The van der Waals surface area contributed by atoms with Crippen molar-refractivity contribution in [2.24, 2.45) is 45.5 Å². The van der Waals surface area contributed by atoms with Crippen LogP contribution in [0.1, 0.15) is 87.6 Å². The van der Waals surface area contributed by atoms with Crippen LogP contribution in [0.4, 0.5) is 0 Å². The summed E-state index contributed by atoms with van der Waals surface area (Å²) in [5.74, 6) is -10.00. The van der Waals surface area contributed by atoms with Crippen LogP contribution in [0.25, 0.3) is 0 Å². The Morgan fingerprint density at radius 2 is 1.61 bits per heavy atom. The van der Waals surface area contributed by atoms with E-state index in [1.165, 1.54) is 12.1 Å². The molecule has 0 unspecified atom stereocenters. The first-order valence-electron chi connectivity index (χ1n) is 21.7.